The Bertz CT molecular complexity index is 1070. The number of aromatic nitrogens is 3. The van der Waals surface area contributed by atoms with Crippen molar-refractivity contribution in [1.82, 2.24) is 25.0 Å². The predicted molar refractivity (Wildman–Crippen MR) is 117 cm³/mol. The van der Waals surface area contributed by atoms with E-state index >= 15 is 0 Å². The van der Waals surface area contributed by atoms with Gasteiger partial charge in [0.2, 0.25) is 0 Å². The normalized spacial score (nSPS) is 11.1. The molecule has 0 saturated carbocycles. The van der Waals surface area contributed by atoms with E-state index in [1.807, 2.05) is 46.1 Å². The Morgan fingerprint density at radius 3 is 2.53 bits per heavy atom. The zero-order valence-corrected chi connectivity index (χ0v) is 18.0. The number of carbonyl (C=O) groups is 1. The lowest BCUT2D eigenvalue weighted by atomic mass is 10.1. The molecule has 2 heterocycles. The monoisotopic (exact) mass is 407 g/mol. The molecular weight excluding hydrogens is 378 g/mol. The second-order valence-electron chi connectivity index (χ2n) is 7.66. The van der Waals surface area contributed by atoms with Gasteiger partial charge in [0.25, 0.3) is 11.5 Å². The van der Waals surface area contributed by atoms with Crippen LogP contribution in [0.2, 0.25) is 0 Å². The van der Waals surface area contributed by atoms with Crippen LogP contribution in [-0.4, -0.2) is 39.2 Å². The molecule has 1 aromatic carbocycles. The molecule has 0 saturated heterocycles. The first kappa shape index (κ1) is 21.5. The Morgan fingerprint density at radius 1 is 1.17 bits per heavy atom. The van der Waals surface area contributed by atoms with E-state index in [0.29, 0.717) is 13.1 Å². The molecule has 7 nitrogen and oxygen atoms in total. The first-order chi connectivity index (χ1) is 14.3. The smallest absolute Gasteiger partial charge is 0.261 e. The minimum atomic E-state index is -0.386. The number of hydrogen-bond acceptors (Lipinski definition) is 4. The van der Waals surface area contributed by atoms with E-state index in [0.717, 1.165) is 35.6 Å². The van der Waals surface area contributed by atoms with Crippen LogP contribution in [0, 0.1) is 13.8 Å². The minimum Gasteiger partial charge on any atom is -0.348 e. The number of benzene rings is 1. The van der Waals surface area contributed by atoms with Gasteiger partial charge in [-0.15, -0.1) is 0 Å². The third kappa shape index (κ3) is 5.24. The lowest BCUT2D eigenvalue weighted by molar-refractivity contribution is 0.0949. The summed E-state index contributed by atoms with van der Waals surface area (Å²) in [6, 6.07) is 13.7. The van der Waals surface area contributed by atoms with Crippen molar-refractivity contribution in [3.8, 4) is 0 Å². The van der Waals surface area contributed by atoms with Crippen molar-refractivity contribution in [2.45, 2.75) is 33.4 Å². The van der Waals surface area contributed by atoms with Crippen LogP contribution in [0.3, 0.4) is 0 Å². The van der Waals surface area contributed by atoms with E-state index in [-0.39, 0.29) is 17.0 Å². The number of H-pyrrole nitrogens is 1. The van der Waals surface area contributed by atoms with Crippen LogP contribution in [0.15, 0.2) is 47.3 Å². The number of rotatable bonds is 8. The van der Waals surface area contributed by atoms with Crippen molar-refractivity contribution in [2.75, 3.05) is 13.6 Å². The summed E-state index contributed by atoms with van der Waals surface area (Å²) in [4.78, 5) is 29.9. The summed E-state index contributed by atoms with van der Waals surface area (Å²) < 4.78 is 1.78. The molecule has 0 aliphatic heterocycles. The maximum absolute atomic E-state index is 12.5. The van der Waals surface area contributed by atoms with Gasteiger partial charge in [-0.25, -0.2) is 0 Å². The van der Waals surface area contributed by atoms with Crippen molar-refractivity contribution in [3.63, 3.8) is 0 Å². The summed E-state index contributed by atoms with van der Waals surface area (Å²) in [7, 11) is 3.88. The average molecular weight is 408 g/mol. The van der Waals surface area contributed by atoms with E-state index < -0.39 is 0 Å². The summed E-state index contributed by atoms with van der Waals surface area (Å²) in [6.07, 6.45) is 0.940. The molecule has 0 aliphatic rings. The molecular formula is C23H29N5O2. The second kappa shape index (κ2) is 9.54. The molecule has 30 heavy (non-hydrogen) atoms. The minimum absolute atomic E-state index is 0.116. The van der Waals surface area contributed by atoms with Crippen LogP contribution in [0.4, 0.5) is 0 Å². The van der Waals surface area contributed by atoms with Crippen LogP contribution in [0.25, 0.3) is 0 Å². The Morgan fingerprint density at radius 2 is 1.90 bits per heavy atom. The molecule has 0 bridgehead atoms. The molecule has 2 N–H and O–H groups in total. The molecule has 3 rings (SSSR count). The zero-order chi connectivity index (χ0) is 21.7. The van der Waals surface area contributed by atoms with Gasteiger partial charge in [-0.2, -0.15) is 5.10 Å². The molecule has 1 amide bonds. The van der Waals surface area contributed by atoms with Gasteiger partial charge in [0, 0.05) is 43.6 Å². The van der Waals surface area contributed by atoms with Crippen molar-refractivity contribution in [3.05, 3.63) is 86.6 Å². The van der Waals surface area contributed by atoms with Gasteiger partial charge in [0.05, 0.1) is 5.69 Å². The van der Waals surface area contributed by atoms with Crippen molar-refractivity contribution >= 4 is 5.91 Å². The number of amides is 1. The number of hydrogen-bond donors (Lipinski definition) is 2. The fraction of sp³-hybridized carbons (Fsp3) is 0.348. The molecule has 158 valence electrons. The van der Waals surface area contributed by atoms with E-state index in [4.69, 9.17) is 0 Å². The molecule has 0 fully saturated rings. The molecule has 0 aliphatic carbocycles. The molecule has 0 unspecified atom stereocenters. The first-order valence-electron chi connectivity index (χ1n) is 10.1. The summed E-state index contributed by atoms with van der Waals surface area (Å²) in [5.74, 6) is -0.386. The quantitative estimate of drug-likeness (QED) is 0.600. The Hall–Kier alpha value is -3.19. The van der Waals surface area contributed by atoms with Crippen molar-refractivity contribution < 1.29 is 4.79 Å². The van der Waals surface area contributed by atoms with Gasteiger partial charge in [0.1, 0.15) is 5.56 Å². The molecule has 7 heteroatoms. The van der Waals surface area contributed by atoms with Gasteiger partial charge in [0.15, 0.2) is 0 Å². The van der Waals surface area contributed by atoms with Gasteiger partial charge >= 0.3 is 0 Å². The Labute approximate surface area is 176 Å². The number of aromatic amines is 1. The standard InChI is InChI=1S/C23H29N5O2/c1-16-21(17(2)28(4)26-16)14-24-22(29)20-11-10-19(25-23(20)30)15-27(3)13-12-18-8-6-5-7-9-18/h5-11H,12-15H2,1-4H3,(H,24,29)(H,25,30). The topological polar surface area (TPSA) is 83.0 Å². The van der Waals surface area contributed by atoms with E-state index in [9.17, 15) is 9.59 Å². The molecule has 3 aromatic rings. The predicted octanol–water partition coefficient (Wildman–Crippen LogP) is 2.33. The zero-order valence-electron chi connectivity index (χ0n) is 18.0. The van der Waals surface area contributed by atoms with Crippen LogP contribution >= 0.6 is 0 Å². The van der Waals surface area contributed by atoms with Crippen molar-refractivity contribution in [2.24, 2.45) is 7.05 Å². The number of aryl methyl sites for hydroxylation is 2. The largest absolute Gasteiger partial charge is 0.348 e. The Kier molecular flexibility index (Phi) is 6.84. The number of nitrogens with zero attached hydrogens (tertiary/aromatic N) is 3. The highest BCUT2D eigenvalue weighted by atomic mass is 16.2. The summed E-state index contributed by atoms with van der Waals surface area (Å²) in [5.41, 5.74) is 4.65. The number of carbonyl (C=O) groups excluding carboxylic acids is 1. The fourth-order valence-corrected chi connectivity index (χ4v) is 3.46. The average Bonchev–Trinajstić information content (AvgIpc) is 2.96. The first-order valence-corrected chi connectivity index (χ1v) is 10.1. The van der Waals surface area contributed by atoms with E-state index in [2.05, 4.69) is 32.4 Å². The number of pyridine rings is 1. The number of nitrogens with one attached hydrogen (secondary N) is 2. The third-order valence-electron chi connectivity index (χ3n) is 5.36. The van der Waals surface area contributed by atoms with E-state index in [1.54, 1.807) is 16.8 Å². The van der Waals surface area contributed by atoms with Gasteiger partial charge < -0.3 is 15.2 Å². The lowest BCUT2D eigenvalue weighted by Gasteiger charge is -2.16. The molecule has 2 aromatic heterocycles. The molecule has 0 spiro atoms. The van der Waals surface area contributed by atoms with Gasteiger partial charge in [-0.05, 0) is 45.0 Å². The van der Waals surface area contributed by atoms with Gasteiger partial charge in [-0.3, -0.25) is 14.3 Å². The summed E-state index contributed by atoms with van der Waals surface area (Å²) >= 11 is 0. The van der Waals surface area contributed by atoms with E-state index in [1.165, 1.54) is 5.56 Å². The van der Waals surface area contributed by atoms with Crippen LogP contribution < -0.4 is 10.9 Å². The Balaban J connectivity index is 1.57. The fourth-order valence-electron chi connectivity index (χ4n) is 3.46. The highest BCUT2D eigenvalue weighted by molar-refractivity contribution is 5.93. The summed E-state index contributed by atoms with van der Waals surface area (Å²) in [5, 5.41) is 7.17. The molecule has 0 atom stereocenters. The highest BCUT2D eigenvalue weighted by Crippen LogP contribution is 2.11. The maximum atomic E-state index is 12.5. The third-order valence-corrected chi connectivity index (χ3v) is 5.36. The van der Waals surface area contributed by atoms with Crippen LogP contribution in [0.5, 0.6) is 0 Å². The summed E-state index contributed by atoms with van der Waals surface area (Å²) in [6.45, 7) is 5.69. The van der Waals surface area contributed by atoms with Crippen LogP contribution in [-0.2, 0) is 26.6 Å². The van der Waals surface area contributed by atoms with Crippen molar-refractivity contribution in [1.29, 1.82) is 0 Å². The SMILES string of the molecule is Cc1nn(C)c(C)c1CNC(=O)c1ccc(CN(C)CCc2ccccc2)[nH]c1=O. The number of likely N-dealkylation sites (N-methyl/N-ethyl adjacent to an activating group) is 1. The van der Waals surface area contributed by atoms with Crippen LogP contribution in [0.1, 0.15) is 38.6 Å². The molecule has 0 radical (unpaired) electrons. The maximum Gasteiger partial charge on any atom is 0.261 e. The second-order valence-corrected chi connectivity index (χ2v) is 7.66. The highest BCUT2D eigenvalue weighted by Gasteiger charge is 2.14. The lowest BCUT2D eigenvalue weighted by Crippen LogP contribution is -2.30. The van der Waals surface area contributed by atoms with Gasteiger partial charge in [-0.1, -0.05) is 30.3 Å².